The molecule has 0 unspecified atom stereocenters. The van der Waals surface area contributed by atoms with Crippen molar-refractivity contribution >= 4 is 44.1 Å². The zero-order valence-corrected chi connectivity index (χ0v) is 25.6. The van der Waals surface area contributed by atoms with Crippen molar-refractivity contribution in [2.75, 3.05) is 37.4 Å². The van der Waals surface area contributed by atoms with E-state index in [2.05, 4.69) is 10.6 Å². The summed E-state index contributed by atoms with van der Waals surface area (Å²) in [5.41, 5.74) is 1.20. The first-order chi connectivity index (χ1) is 21.1. The lowest BCUT2D eigenvalue weighted by Crippen LogP contribution is -2.50. The van der Waals surface area contributed by atoms with Crippen LogP contribution in [-0.2, 0) is 10.0 Å². The number of benzene rings is 4. The van der Waals surface area contributed by atoms with Gasteiger partial charge < -0.3 is 25.4 Å². The Morgan fingerprint density at radius 1 is 1.02 bits per heavy atom. The topological polar surface area (TPSA) is 128 Å². The van der Waals surface area contributed by atoms with Gasteiger partial charge >= 0.3 is 6.03 Å². The molecule has 1 heterocycles. The average Bonchev–Trinajstić information content (AvgIpc) is 3.03. The summed E-state index contributed by atoms with van der Waals surface area (Å²) in [7, 11) is -2.29. The number of urea groups is 1. The SMILES string of the molecule is C[C@H]1CN([C@@H](C)CO)C(=O)c2cc(NC(=O)Nc3cccc4ccccc34)ccc2O[C@@H]1CN(C)S(=O)(=O)c1ccccc1. The van der Waals surface area contributed by atoms with E-state index in [1.54, 1.807) is 42.2 Å². The monoisotopic (exact) mass is 616 g/mol. The van der Waals surface area contributed by atoms with Crippen molar-refractivity contribution < 1.29 is 27.9 Å². The van der Waals surface area contributed by atoms with Gasteiger partial charge in [-0.05, 0) is 48.7 Å². The fraction of sp³-hybridized carbons (Fsp3) is 0.273. The number of aliphatic hydroxyl groups excluding tert-OH is 1. The molecule has 4 aromatic rings. The Morgan fingerprint density at radius 3 is 2.48 bits per heavy atom. The van der Waals surface area contributed by atoms with Crippen LogP contribution in [0.4, 0.5) is 16.2 Å². The molecule has 0 fully saturated rings. The van der Waals surface area contributed by atoms with E-state index in [0.29, 0.717) is 11.4 Å². The molecule has 3 N–H and O–H groups in total. The fourth-order valence-corrected chi connectivity index (χ4v) is 6.47. The molecule has 0 bridgehead atoms. The van der Waals surface area contributed by atoms with Crippen molar-refractivity contribution in [3.8, 4) is 5.75 Å². The molecule has 1 aliphatic heterocycles. The van der Waals surface area contributed by atoms with Gasteiger partial charge in [-0.1, -0.05) is 61.5 Å². The van der Waals surface area contributed by atoms with Gasteiger partial charge in [-0.25, -0.2) is 13.2 Å². The van der Waals surface area contributed by atoms with Gasteiger partial charge in [0.25, 0.3) is 5.91 Å². The molecule has 0 saturated carbocycles. The average molecular weight is 617 g/mol. The van der Waals surface area contributed by atoms with Crippen LogP contribution in [0.15, 0.2) is 95.9 Å². The lowest BCUT2D eigenvalue weighted by atomic mass is 9.99. The van der Waals surface area contributed by atoms with Crippen LogP contribution in [0, 0.1) is 5.92 Å². The second kappa shape index (κ2) is 13.0. The molecule has 4 aromatic carbocycles. The zero-order valence-electron chi connectivity index (χ0n) is 24.8. The van der Waals surface area contributed by atoms with Crippen molar-refractivity contribution in [3.63, 3.8) is 0 Å². The first kappa shape index (κ1) is 31.0. The number of anilines is 2. The molecular formula is C33H36N4O6S. The normalized spacial score (nSPS) is 17.8. The zero-order chi connectivity index (χ0) is 31.4. The quantitative estimate of drug-likeness (QED) is 0.255. The standard InChI is InChI=1S/C33H36N4O6S/c1-22-19-37(23(2)21-38)32(39)28-18-25(34-33(40)35-29-15-9-11-24-10-7-8-14-27(24)29)16-17-30(28)43-31(22)20-36(3)44(41,42)26-12-5-4-6-13-26/h4-18,22-23,31,38H,19-21H2,1-3H3,(H2,34,35,40)/t22-,23-,31+/m0/s1. The first-order valence-electron chi connectivity index (χ1n) is 14.4. The summed E-state index contributed by atoms with van der Waals surface area (Å²) in [5.74, 6) is -0.388. The molecule has 11 heteroatoms. The lowest BCUT2D eigenvalue weighted by molar-refractivity contribution is 0.0387. The highest BCUT2D eigenvalue weighted by Gasteiger charge is 2.35. The Hall–Kier alpha value is -4.45. The number of carbonyl (C=O) groups is 2. The number of likely N-dealkylation sites (N-methyl/N-ethyl adjacent to an activating group) is 1. The van der Waals surface area contributed by atoms with E-state index in [0.717, 1.165) is 10.8 Å². The highest BCUT2D eigenvalue weighted by Crippen LogP contribution is 2.31. The third-order valence-electron chi connectivity index (χ3n) is 7.85. The molecule has 5 rings (SSSR count). The van der Waals surface area contributed by atoms with E-state index >= 15 is 0 Å². The Bertz CT molecular complexity index is 1760. The number of ether oxygens (including phenoxy) is 1. The number of carbonyl (C=O) groups excluding carboxylic acids is 2. The van der Waals surface area contributed by atoms with Crippen molar-refractivity contribution in [1.82, 2.24) is 9.21 Å². The van der Waals surface area contributed by atoms with Gasteiger partial charge in [-0.2, -0.15) is 4.31 Å². The van der Waals surface area contributed by atoms with Crippen LogP contribution in [0.1, 0.15) is 24.2 Å². The minimum Gasteiger partial charge on any atom is -0.488 e. The van der Waals surface area contributed by atoms with Crippen LogP contribution in [0.5, 0.6) is 5.75 Å². The molecule has 0 radical (unpaired) electrons. The van der Waals surface area contributed by atoms with E-state index < -0.39 is 28.2 Å². The summed E-state index contributed by atoms with van der Waals surface area (Å²) in [6.07, 6.45) is -0.618. The summed E-state index contributed by atoms with van der Waals surface area (Å²) in [5, 5.41) is 17.5. The highest BCUT2D eigenvalue weighted by atomic mass is 32.2. The predicted molar refractivity (Wildman–Crippen MR) is 170 cm³/mol. The largest absolute Gasteiger partial charge is 0.488 e. The predicted octanol–water partition coefficient (Wildman–Crippen LogP) is 5.02. The number of nitrogens with one attached hydrogen (secondary N) is 2. The van der Waals surface area contributed by atoms with E-state index in [-0.39, 0.29) is 47.7 Å². The van der Waals surface area contributed by atoms with Gasteiger partial charge in [0.15, 0.2) is 0 Å². The van der Waals surface area contributed by atoms with Gasteiger partial charge in [0.1, 0.15) is 11.9 Å². The number of amides is 3. The smallest absolute Gasteiger partial charge is 0.323 e. The van der Waals surface area contributed by atoms with Crippen molar-refractivity contribution in [1.29, 1.82) is 0 Å². The molecule has 0 saturated heterocycles. The molecule has 0 spiro atoms. The highest BCUT2D eigenvalue weighted by molar-refractivity contribution is 7.89. The van der Waals surface area contributed by atoms with Crippen molar-refractivity contribution in [3.05, 3.63) is 96.6 Å². The minimum absolute atomic E-state index is 0.0286. The Morgan fingerprint density at radius 2 is 1.73 bits per heavy atom. The van der Waals surface area contributed by atoms with Crippen molar-refractivity contribution in [2.45, 2.75) is 30.9 Å². The Kier molecular flexibility index (Phi) is 9.19. The maximum atomic E-state index is 13.8. The summed E-state index contributed by atoms with van der Waals surface area (Å²) in [6.45, 7) is 3.63. The lowest BCUT2D eigenvalue weighted by Gasteiger charge is -2.38. The second-order valence-electron chi connectivity index (χ2n) is 11.0. The summed E-state index contributed by atoms with van der Waals surface area (Å²) in [6, 6.07) is 25.3. The number of sulfonamides is 1. The molecule has 0 aromatic heterocycles. The second-order valence-corrected chi connectivity index (χ2v) is 13.1. The number of hydrogen-bond donors (Lipinski definition) is 3. The minimum atomic E-state index is -3.79. The summed E-state index contributed by atoms with van der Waals surface area (Å²) < 4.78 is 34.1. The van der Waals surface area contributed by atoms with Crippen LogP contribution in [0.25, 0.3) is 10.8 Å². The molecule has 3 amide bonds. The molecule has 44 heavy (non-hydrogen) atoms. The number of fused-ring (bicyclic) bond motifs is 2. The number of aliphatic hydroxyl groups is 1. The van der Waals surface area contributed by atoms with Gasteiger partial charge in [0.05, 0.1) is 35.3 Å². The summed E-state index contributed by atoms with van der Waals surface area (Å²) in [4.78, 5) is 28.5. The first-order valence-corrected chi connectivity index (χ1v) is 15.8. The van der Waals surface area contributed by atoms with Crippen LogP contribution < -0.4 is 15.4 Å². The maximum absolute atomic E-state index is 13.8. The number of nitrogens with zero attached hydrogens (tertiary/aromatic N) is 2. The van der Waals surface area contributed by atoms with E-state index in [4.69, 9.17) is 4.74 Å². The molecule has 0 aliphatic carbocycles. The van der Waals surface area contributed by atoms with Gasteiger partial charge in [0.2, 0.25) is 10.0 Å². The van der Waals surface area contributed by atoms with E-state index in [1.807, 2.05) is 49.4 Å². The third kappa shape index (κ3) is 6.54. The van der Waals surface area contributed by atoms with Crippen LogP contribution >= 0.6 is 0 Å². The number of hydrogen-bond acceptors (Lipinski definition) is 6. The molecular weight excluding hydrogens is 580 g/mol. The van der Waals surface area contributed by atoms with E-state index in [1.165, 1.54) is 29.6 Å². The van der Waals surface area contributed by atoms with Crippen LogP contribution in [0.3, 0.4) is 0 Å². The van der Waals surface area contributed by atoms with Crippen LogP contribution in [-0.4, -0.2) is 73.6 Å². The van der Waals surface area contributed by atoms with Crippen LogP contribution in [0.2, 0.25) is 0 Å². The Labute approximate surface area is 257 Å². The maximum Gasteiger partial charge on any atom is 0.323 e. The van der Waals surface area contributed by atoms with Gasteiger partial charge in [-0.15, -0.1) is 0 Å². The van der Waals surface area contributed by atoms with Crippen molar-refractivity contribution in [2.24, 2.45) is 5.92 Å². The fourth-order valence-electron chi connectivity index (χ4n) is 5.26. The number of rotatable bonds is 8. The Balaban J connectivity index is 1.41. The van der Waals surface area contributed by atoms with Gasteiger partial charge in [0, 0.05) is 30.6 Å². The van der Waals surface area contributed by atoms with Gasteiger partial charge in [-0.3, -0.25) is 4.79 Å². The molecule has 3 atom stereocenters. The molecule has 10 nitrogen and oxygen atoms in total. The molecule has 230 valence electrons. The molecule has 1 aliphatic rings. The van der Waals surface area contributed by atoms with E-state index in [9.17, 15) is 23.1 Å². The third-order valence-corrected chi connectivity index (χ3v) is 9.69. The summed E-state index contributed by atoms with van der Waals surface area (Å²) >= 11 is 0.